The molecule has 1 amide bonds. The van der Waals surface area contributed by atoms with Crippen molar-refractivity contribution in [1.82, 2.24) is 10.3 Å². The Balaban J connectivity index is 2.23. The molecule has 0 aliphatic rings. The van der Waals surface area contributed by atoms with Crippen LogP contribution in [0.1, 0.15) is 16.1 Å². The van der Waals surface area contributed by atoms with Gasteiger partial charge in [-0.25, -0.2) is 4.63 Å². The van der Waals surface area contributed by atoms with Gasteiger partial charge in [0.05, 0.1) is 10.6 Å². The number of aromatic nitrogens is 2. The number of amides is 1. The summed E-state index contributed by atoms with van der Waals surface area (Å²) in [5.74, 6) is -0.133. The first-order valence-electron chi connectivity index (χ1n) is 4.63. The van der Waals surface area contributed by atoms with E-state index in [0.717, 1.165) is 0 Å². The summed E-state index contributed by atoms with van der Waals surface area (Å²) in [5, 5.41) is 10.4. The predicted octanol–water partition coefficient (Wildman–Crippen LogP) is 2.94. The van der Waals surface area contributed by atoms with Gasteiger partial charge in [0.15, 0.2) is 0 Å². The highest BCUT2D eigenvalue weighted by molar-refractivity contribution is 6.37. The lowest BCUT2D eigenvalue weighted by atomic mass is 10.2. The molecule has 1 N–H and O–H groups in total. The van der Waals surface area contributed by atoms with Crippen molar-refractivity contribution in [2.75, 3.05) is 5.32 Å². The Morgan fingerprint density at radius 2 is 2.12 bits per heavy atom. The van der Waals surface area contributed by atoms with Crippen LogP contribution < -0.4 is 5.32 Å². The number of nitrogens with zero attached hydrogens (tertiary/aromatic N) is 2. The number of hydrogen-bond acceptors (Lipinski definition) is 4. The minimum atomic E-state index is -0.398. The molecule has 0 saturated carbocycles. The van der Waals surface area contributed by atoms with E-state index in [4.69, 9.17) is 23.2 Å². The summed E-state index contributed by atoms with van der Waals surface area (Å²) in [6.07, 6.45) is 0. The third-order valence-electron chi connectivity index (χ3n) is 2.06. The van der Waals surface area contributed by atoms with E-state index in [-0.39, 0.29) is 10.8 Å². The fourth-order valence-electron chi connectivity index (χ4n) is 1.19. The van der Waals surface area contributed by atoms with E-state index >= 15 is 0 Å². The van der Waals surface area contributed by atoms with Crippen LogP contribution in [-0.4, -0.2) is 16.2 Å². The van der Waals surface area contributed by atoms with Gasteiger partial charge in [-0.2, -0.15) is 0 Å². The Labute approximate surface area is 107 Å². The van der Waals surface area contributed by atoms with Gasteiger partial charge in [-0.15, -0.1) is 0 Å². The highest BCUT2D eigenvalue weighted by Gasteiger charge is 2.14. The maximum absolute atomic E-state index is 11.8. The molecule has 0 fully saturated rings. The van der Waals surface area contributed by atoms with Crippen molar-refractivity contribution in [2.24, 2.45) is 0 Å². The zero-order valence-corrected chi connectivity index (χ0v) is 10.2. The van der Waals surface area contributed by atoms with Gasteiger partial charge < -0.3 is 5.32 Å². The number of hydrogen-bond donors (Lipinski definition) is 1. The molecule has 0 saturated heterocycles. The van der Waals surface area contributed by atoms with Gasteiger partial charge in [-0.3, -0.25) is 4.79 Å². The summed E-state index contributed by atoms with van der Waals surface area (Å²) in [6.45, 7) is 1.66. The van der Waals surface area contributed by atoms with E-state index in [2.05, 4.69) is 20.3 Å². The van der Waals surface area contributed by atoms with Crippen LogP contribution in [0.15, 0.2) is 22.8 Å². The van der Waals surface area contributed by atoms with Gasteiger partial charge in [-0.05, 0) is 30.3 Å². The number of rotatable bonds is 2. The summed E-state index contributed by atoms with van der Waals surface area (Å²) in [7, 11) is 0. The summed E-state index contributed by atoms with van der Waals surface area (Å²) in [5.41, 5.74) is 0.793. The summed E-state index contributed by atoms with van der Waals surface area (Å²) in [4.78, 5) is 11.8. The minimum absolute atomic E-state index is 0.265. The Bertz CT molecular complexity index is 568. The molecule has 1 aromatic heterocycles. The fraction of sp³-hybridized carbons (Fsp3) is 0.100. The van der Waals surface area contributed by atoms with E-state index in [1.807, 2.05) is 0 Å². The number of nitrogens with one attached hydrogen (secondary N) is 1. The molecule has 1 aromatic carbocycles. The monoisotopic (exact) mass is 271 g/mol. The summed E-state index contributed by atoms with van der Waals surface area (Å²) >= 11 is 11.6. The first-order chi connectivity index (χ1) is 8.08. The van der Waals surface area contributed by atoms with Crippen LogP contribution in [0.4, 0.5) is 5.82 Å². The van der Waals surface area contributed by atoms with Gasteiger partial charge in [-0.1, -0.05) is 28.4 Å². The van der Waals surface area contributed by atoms with Crippen molar-refractivity contribution >= 4 is 34.9 Å². The number of halogens is 2. The molecule has 88 valence electrons. The first kappa shape index (κ1) is 11.9. The summed E-state index contributed by atoms with van der Waals surface area (Å²) in [6, 6.07) is 4.60. The molecule has 0 spiro atoms. The fourth-order valence-corrected chi connectivity index (χ4v) is 1.69. The average molecular weight is 272 g/mol. The van der Waals surface area contributed by atoms with E-state index in [9.17, 15) is 4.79 Å². The van der Waals surface area contributed by atoms with Crippen LogP contribution in [0, 0.1) is 6.92 Å². The largest absolute Gasteiger partial charge is 0.302 e. The molecule has 1 heterocycles. The van der Waals surface area contributed by atoms with E-state index < -0.39 is 5.91 Å². The molecule has 7 heteroatoms. The number of benzene rings is 1. The molecule has 0 radical (unpaired) electrons. The lowest BCUT2D eigenvalue weighted by Gasteiger charge is -2.04. The molecule has 17 heavy (non-hydrogen) atoms. The van der Waals surface area contributed by atoms with Crippen molar-refractivity contribution in [3.05, 3.63) is 39.5 Å². The second-order valence-electron chi connectivity index (χ2n) is 3.28. The van der Waals surface area contributed by atoms with E-state index in [1.54, 1.807) is 13.0 Å². The molecule has 0 aliphatic heterocycles. The molecule has 2 rings (SSSR count). The normalized spacial score (nSPS) is 10.3. The average Bonchev–Trinajstić information content (AvgIpc) is 2.64. The Morgan fingerprint density at radius 1 is 1.35 bits per heavy atom. The van der Waals surface area contributed by atoms with Gasteiger partial charge in [0.25, 0.3) is 5.91 Å². The Morgan fingerprint density at radius 3 is 2.71 bits per heavy atom. The zero-order valence-electron chi connectivity index (χ0n) is 8.70. The molecular weight excluding hydrogens is 265 g/mol. The zero-order chi connectivity index (χ0) is 12.4. The quantitative estimate of drug-likeness (QED) is 0.912. The smallest absolute Gasteiger partial charge is 0.258 e. The highest BCUT2D eigenvalue weighted by Crippen LogP contribution is 2.22. The van der Waals surface area contributed by atoms with Crippen LogP contribution in [-0.2, 0) is 0 Å². The first-order valence-corrected chi connectivity index (χ1v) is 5.39. The van der Waals surface area contributed by atoms with Crippen LogP contribution in [0.3, 0.4) is 0 Å². The van der Waals surface area contributed by atoms with Gasteiger partial charge in [0.2, 0.25) is 5.82 Å². The summed E-state index contributed by atoms with van der Waals surface area (Å²) < 4.78 is 4.46. The lowest BCUT2D eigenvalue weighted by Crippen LogP contribution is -2.13. The second kappa shape index (κ2) is 4.73. The minimum Gasteiger partial charge on any atom is -0.302 e. The molecule has 0 bridgehead atoms. The molecule has 0 aliphatic carbocycles. The Hall–Kier alpha value is -1.59. The third kappa shape index (κ3) is 2.57. The molecule has 2 aromatic rings. The number of carbonyl (C=O) groups excluding carboxylic acids is 1. The number of anilines is 1. The lowest BCUT2D eigenvalue weighted by molar-refractivity contribution is 0.102. The number of carbonyl (C=O) groups is 1. The molecular formula is C10H7Cl2N3O2. The second-order valence-corrected chi connectivity index (χ2v) is 4.12. The van der Waals surface area contributed by atoms with Crippen LogP contribution in [0.5, 0.6) is 0 Å². The molecule has 0 atom stereocenters. The van der Waals surface area contributed by atoms with Crippen LogP contribution in [0.25, 0.3) is 0 Å². The topological polar surface area (TPSA) is 68.0 Å². The maximum atomic E-state index is 11.8. The van der Waals surface area contributed by atoms with Crippen molar-refractivity contribution in [2.45, 2.75) is 6.92 Å². The Kier molecular flexibility index (Phi) is 3.31. The maximum Gasteiger partial charge on any atom is 0.258 e. The van der Waals surface area contributed by atoms with Gasteiger partial charge >= 0.3 is 0 Å². The van der Waals surface area contributed by atoms with Crippen LogP contribution >= 0.6 is 23.2 Å². The van der Waals surface area contributed by atoms with Gasteiger partial charge in [0, 0.05) is 5.02 Å². The predicted molar refractivity (Wildman–Crippen MR) is 63.5 cm³/mol. The third-order valence-corrected chi connectivity index (χ3v) is 2.61. The van der Waals surface area contributed by atoms with Crippen LogP contribution in [0.2, 0.25) is 10.0 Å². The van der Waals surface area contributed by atoms with Crippen molar-refractivity contribution in [3.8, 4) is 0 Å². The molecule has 0 unspecified atom stereocenters. The van der Waals surface area contributed by atoms with E-state index in [1.165, 1.54) is 12.1 Å². The van der Waals surface area contributed by atoms with E-state index in [0.29, 0.717) is 16.3 Å². The van der Waals surface area contributed by atoms with Crippen molar-refractivity contribution < 1.29 is 9.42 Å². The number of aryl methyl sites for hydroxylation is 1. The highest BCUT2D eigenvalue weighted by atomic mass is 35.5. The van der Waals surface area contributed by atoms with Crippen molar-refractivity contribution in [1.29, 1.82) is 0 Å². The standard InChI is InChI=1S/C10H7Cl2N3O2/c1-5-9(15-17-14-5)13-10(16)7-3-2-6(11)4-8(7)12/h2-4H,1H3,(H,13,15,16). The van der Waals surface area contributed by atoms with Gasteiger partial charge in [0.1, 0.15) is 5.69 Å². The molecule has 5 nitrogen and oxygen atoms in total. The van der Waals surface area contributed by atoms with Crippen molar-refractivity contribution in [3.63, 3.8) is 0 Å². The SMILES string of the molecule is Cc1nonc1NC(=O)c1ccc(Cl)cc1Cl.